The minimum absolute atomic E-state index is 0.728. The zero-order valence-electron chi connectivity index (χ0n) is 15.5. The molecule has 0 aromatic rings. The van der Waals surface area contributed by atoms with Gasteiger partial charge in [-0.1, -0.05) is 0 Å². The van der Waals surface area contributed by atoms with Gasteiger partial charge < -0.3 is 30.5 Å². The van der Waals surface area contributed by atoms with E-state index in [-0.39, 0.29) is 0 Å². The highest BCUT2D eigenvalue weighted by molar-refractivity contribution is 6.02. The minimum atomic E-state index is -3.32. The van der Waals surface area contributed by atoms with Crippen LogP contribution in [0.2, 0.25) is 0 Å². The van der Waals surface area contributed by atoms with Gasteiger partial charge in [-0.25, -0.2) is 0 Å². The molecule has 2 unspecified atom stereocenters. The summed E-state index contributed by atoms with van der Waals surface area (Å²) >= 11 is 0. The Hall–Kier alpha value is -2.05. The second kappa shape index (κ2) is 7.17. The minimum Gasteiger partial charge on any atom is -0.382 e. The molecule has 5 N–H and O–H groups in total. The third-order valence-corrected chi connectivity index (χ3v) is 4.74. The molecular formula is C16H23NO10. The smallest absolute Gasteiger partial charge is 0.251 e. The molecule has 0 bridgehead atoms. The fraction of sp³-hybridized carbons (Fsp3) is 0.688. The van der Waals surface area contributed by atoms with Gasteiger partial charge in [0.1, 0.15) is 18.2 Å². The lowest BCUT2D eigenvalue weighted by Gasteiger charge is -2.57. The number of ether oxygens (including phenoxy) is 1. The number of hydrogen-bond acceptors (Lipinski definition) is 10. The van der Waals surface area contributed by atoms with E-state index in [1.54, 1.807) is 0 Å². The summed E-state index contributed by atoms with van der Waals surface area (Å²) in [6.07, 6.45) is -4.69. The van der Waals surface area contributed by atoms with Crippen molar-refractivity contribution in [3.05, 3.63) is 0 Å². The highest BCUT2D eigenvalue weighted by Gasteiger charge is 2.76. The number of Topliss-reactive ketones (excluding diaryl/α,β-unsaturated/α-hetero) is 4. The highest BCUT2D eigenvalue weighted by Crippen LogP contribution is 2.45. The summed E-state index contributed by atoms with van der Waals surface area (Å²) in [4.78, 5) is 59.8. The van der Waals surface area contributed by atoms with E-state index in [1.165, 1.54) is 0 Å². The van der Waals surface area contributed by atoms with Crippen LogP contribution in [-0.2, 0) is 28.7 Å². The number of hydrogen-bond donors (Lipinski definition) is 5. The standard InChI is InChI=1S/C16H23NO10/c1-6(18)11(23)12-14(24,7(2)19)15(25,8(3)20)13(17-10(5)22)16(26,27-12)9(4)21/h11-13,23-26H,1-5H3,(H,17,22)/t11?,12-,13-,14+,15-,16?/m1/s1. The molecule has 0 saturated carbocycles. The molecule has 1 fully saturated rings. The van der Waals surface area contributed by atoms with Crippen LogP contribution in [0.3, 0.4) is 0 Å². The number of carbonyl (C=O) groups excluding carboxylic acids is 5. The van der Waals surface area contributed by atoms with E-state index in [4.69, 9.17) is 4.74 Å². The van der Waals surface area contributed by atoms with Crippen LogP contribution in [-0.4, -0.2) is 84.7 Å². The molecule has 11 heteroatoms. The summed E-state index contributed by atoms with van der Waals surface area (Å²) in [7, 11) is 0. The summed E-state index contributed by atoms with van der Waals surface area (Å²) in [5.41, 5.74) is -6.59. The molecule has 1 amide bonds. The molecule has 0 aromatic carbocycles. The molecule has 152 valence electrons. The average Bonchev–Trinajstić information content (AvgIpc) is 2.53. The van der Waals surface area contributed by atoms with Crippen LogP contribution < -0.4 is 5.32 Å². The normalized spacial score (nSPS) is 37.2. The van der Waals surface area contributed by atoms with Crippen molar-refractivity contribution in [2.75, 3.05) is 0 Å². The molecule has 0 aliphatic carbocycles. The molecule has 1 saturated heterocycles. The maximum Gasteiger partial charge on any atom is 0.251 e. The van der Waals surface area contributed by atoms with Gasteiger partial charge in [-0.05, 0) is 20.8 Å². The summed E-state index contributed by atoms with van der Waals surface area (Å²) in [5, 5.41) is 44.8. The Balaban J connectivity index is 3.95. The van der Waals surface area contributed by atoms with E-state index in [0.29, 0.717) is 0 Å². The molecular weight excluding hydrogens is 366 g/mol. The second-order valence-electron chi connectivity index (χ2n) is 6.63. The molecule has 27 heavy (non-hydrogen) atoms. The first-order valence-corrected chi connectivity index (χ1v) is 7.92. The third-order valence-electron chi connectivity index (χ3n) is 4.74. The fourth-order valence-corrected chi connectivity index (χ4v) is 3.21. The molecule has 1 aliphatic heterocycles. The van der Waals surface area contributed by atoms with Crippen molar-refractivity contribution in [2.24, 2.45) is 0 Å². The van der Waals surface area contributed by atoms with Gasteiger partial charge in [0.2, 0.25) is 5.91 Å². The van der Waals surface area contributed by atoms with Crippen LogP contribution in [0.25, 0.3) is 0 Å². The summed E-state index contributed by atoms with van der Waals surface area (Å²) in [6.45, 7) is 4.02. The predicted octanol–water partition coefficient (Wildman–Crippen LogP) is -3.24. The van der Waals surface area contributed by atoms with Crippen molar-refractivity contribution in [3.8, 4) is 0 Å². The van der Waals surface area contributed by atoms with Crippen LogP contribution in [0.1, 0.15) is 34.6 Å². The van der Waals surface area contributed by atoms with Crippen LogP contribution in [0, 0.1) is 0 Å². The topological polar surface area (TPSA) is 188 Å². The molecule has 0 spiro atoms. The van der Waals surface area contributed by atoms with Crippen molar-refractivity contribution in [1.82, 2.24) is 5.32 Å². The Morgan fingerprint density at radius 3 is 1.59 bits per heavy atom. The number of ketones is 4. The summed E-state index contributed by atoms with van der Waals surface area (Å²) in [6, 6.07) is -2.32. The van der Waals surface area contributed by atoms with E-state index in [9.17, 15) is 44.4 Å². The molecule has 11 nitrogen and oxygen atoms in total. The molecule has 6 atom stereocenters. The van der Waals surface area contributed by atoms with Gasteiger partial charge in [-0.15, -0.1) is 0 Å². The summed E-state index contributed by atoms with van der Waals surface area (Å²) in [5.74, 6) is -9.01. The quantitative estimate of drug-likeness (QED) is 0.309. The lowest BCUT2D eigenvalue weighted by atomic mass is 9.63. The van der Waals surface area contributed by atoms with Crippen molar-refractivity contribution >= 4 is 29.0 Å². The molecule has 0 aromatic heterocycles. The zero-order valence-corrected chi connectivity index (χ0v) is 15.5. The highest BCUT2D eigenvalue weighted by atomic mass is 16.7. The van der Waals surface area contributed by atoms with Gasteiger partial charge >= 0.3 is 0 Å². The van der Waals surface area contributed by atoms with Gasteiger partial charge in [0, 0.05) is 13.8 Å². The first kappa shape index (κ1) is 23.0. The van der Waals surface area contributed by atoms with E-state index < -0.39 is 64.3 Å². The molecule has 0 radical (unpaired) electrons. The zero-order chi connectivity index (χ0) is 21.5. The van der Waals surface area contributed by atoms with Crippen molar-refractivity contribution in [2.45, 2.75) is 69.9 Å². The van der Waals surface area contributed by atoms with Crippen molar-refractivity contribution < 1.29 is 49.1 Å². The van der Waals surface area contributed by atoms with E-state index in [0.717, 1.165) is 34.6 Å². The van der Waals surface area contributed by atoms with E-state index in [2.05, 4.69) is 0 Å². The second-order valence-corrected chi connectivity index (χ2v) is 6.63. The van der Waals surface area contributed by atoms with Crippen LogP contribution in [0.5, 0.6) is 0 Å². The Labute approximate surface area is 154 Å². The van der Waals surface area contributed by atoms with Gasteiger partial charge in [0.25, 0.3) is 5.79 Å². The molecule has 1 rings (SSSR count). The Morgan fingerprint density at radius 1 is 0.852 bits per heavy atom. The maximum absolute atomic E-state index is 12.3. The van der Waals surface area contributed by atoms with Crippen LogP contribution in [0.4, 0.5) is 0 Å². The SMILES string of the molecule is CC(=O)N[C@H]1C(O)(C(C)=O)O[C@H](C(O)C(C)=O)[C@@](O)(C(C)=O)[C@@]1(O)C(C)=O. The van der Waals surface area contributed by atoms with Gasteiger partial charge in [0.05, 0.1) is 0 Å². The lowest BCUT2D eigenvalue weighted by molar-refractivity contribution is -0.344. The number of rotatable bonds is 6. The number of amides is 1. The number of aliphatic hydroxyl groups excluding tert-OH is 1. The maximum atomic E-state index is 12.3. The Morgan fingerprint density at radius 2 is 1.30 bits per heavy atom. The first-order chi connectivity index (χ1) is 12.1. The fourth-order valence-electron chi connectivity index (χ4n) is 3.21. The lowest BCUT2D eigenvalue weighted by Crippen LogP contribution is -2.87. The van der Waals surface area contributed by atoms with Crippen molar-refractivity contribution in [1.29, 1.82) is 0 Å². The van der Waals surface area contributed by atoms with Crippen LogP contribution >= 0.6 is 0 Å². The van der Waals surface area contributed by atoms with Gasteiger partial charge in [-0.2, -0.15) is 0 Å². The summed E-state index contributed by atoms with van der Waals surface area (Å²) < 4.78 is 5.03. The third kappa shape index (κ3) is 3.21. The van der Waals surface area contributed by atoms with E-state index >= 15 is 0 Å². The average molecular weight is 389 g/mol. The Bertz CT molecular complexity index is 705. The molecule has 1 aliphatic rings. The van der Waals surface area contributed by atoms with Gasteiger partial charge in [-0.3, -0.25) is 24.0 Å². The van der Waals surface area contributed by atoms with Gasteiger partial charge in [0.15, 0.2) is 34.3 Å². The Kier molecular flexibility index (Phi) is 6.10. The van der Waals surface area contributed by atoms with Crippen molar-refractivity contribution in [3.63, 3.8) is 0 Å². The number of nitrogens with one attached hydrogen (secondary N) is 1. The van der Waals surface area contributed by atoms with Crippen LogP contribution in [0.15, 0.2) is 0 Å². The largest absolute Gasteiger partial charge is 0.382 e. The molecule has 1 heterocycles. The van der Waals surface area contributed by atoms with E-state index in [1.807, 2.05) is 5.32 Å². The monoisotopic (exact) mass is 389 g/mol. The predicted molar refractivity (Wildman–Crippen MR) is 86.1 cm³/mol. The first-order valence-electron chi connectivity index (χ1n) is 7.92. The number of aliphatic hydroxyl groups is 4. The number of carbonyl (C=O) groups is 5.